The molecule has 0 aliphatic carbocycles. The number of nitrogens with one attached hydrogen (secondary N) is 1. The molecule has 1 N–H and O–H groups in total. The fourth-order valence-corrected chi connectivity index (χ4v) is 4.49. The Labute approximate surface area is 177 Å². The lowest BCUT2D eigenvalue weighted by atomic mass is 10.1. The highest BCUT2D eigenvalue weighted by atomic mass is 35.5. The molecule has 1 saturated heterocycles. The highest BCUT2D eigenvalue weighted by molar-refractivity contribution is 7.09. The van der Waals surface area contributed by atoms with Crippen LogP contribution >= 0.6 is 23.1 Å². The third kappa shape index (κ3) is 3.77. The van der Waals surface area contributed by atoms with Gasteiger partial charge in [0.1, 0.15) is 5.82 Å². The summed E-state index contributed by atoms with van der Waals surface area (Å²) in [6.07, 6.45) is 3.95. The van der Waals surface area contributed by atoms with Gasteiger partial charge in [-0.25, -0.2) is 9.50 Å². The van der Waals surface area contributed by atoms with Crippen LogP contribution in [0.5, 0.6) is 0 Å². The van der Waals surface area contributed by atoms with Gasteiger partial charge in [-0.05, 0) is 49.6 Å². The molecule has 0 atom stereocenters. The van der Waals surface area contributed by atoms with Crippen molar-refractivity contribution in [2.45, 2.75) is 25.8 Å². The van der Waals surface area contributed by atoms with Gasteiger partial charge < -0.3 is 10.2 Å². The predicted molar refractivity (Wildman–Crippen MR) is 117 cm³/mol. The molecule has 148 valence electrons. The highest BCUT2D eigenvalue weighted by Gasteiger charge is 2.22. The second-order valence-electron chi connectivity index (χ2n) is 7.16. The number of halogens is 1. The minimum atomic E-state index is 0.344. The third-order valence-electron chi connectivity index (χ3n) is 5.13. The zero-order valence-corrected chi connectivity index (χ0v) is 17.5. The summed E-state index contributed by atoms with van der Waals surface area (Å²) in [5.74, 6) is 1.51. The fraction of sp³-hybridized carbons (Fsp3) is 0.300. The van der Waals surface area contributed by atoms with E-state index in [4.69, 9.17) is 16.6 Å². The molecule has 29 heavy (non-hydrogen) atoms. The lowest BCUT2D eigenvalue weighted by molar-refractivity contribution is 0.523. The van der Waals surface area contributed by atoms with Crippen LogP contribution in [0.4, 0.5) is 11.1 Å². The Hall–Kier alpha value is -2.71. The number of anilines is 2. The van der Waals surface area contributed by atoms with Crippen LogP contribution in [0.2, 0.25) is 5.02 Å². The van der Waals surface area contributed by atoms with Gasteiger partial charge in [0.2, 0.25) is 11.1 Å². The molecule has 1 fully saturated rings. The van der Waals surface area contributed by atoms with Gasteiger partial charge in [0.05, 0.1) is 0 Å². The highest BCUT2D eigenvalue weighted by Crippen LogP contribution is 2.27. The third-order valence-corrected chi connectivity index (χ3v) is 6.25. The first-order valence-corrected chi connectivity index (χ1v) is 10.7. The summed E-state index contributed by atoms with van der Waals surface area (Å²) in [5.41, 5.74) is 2.94. The van der Waals surface area contributed by atoms with Crippen LogP contribution in [0.15, 0.2) is 42.6 Å². The Morgan fingerprint density at radius 1 is 1.10 bits per heavy atom. The first-order valence-electron chi connectivity index (χ1n) is 9.59. The number of hydrogen-bond donors (Lipinski definition) is 1. The molecule has 1 aromatic carbocycles. The van der Waals surface area contributed by atoms with E-state index in [-0.39, 0.29) is 0 Å². The zero-order chi connectivity index (χ0) is 19.8. The summed E-state index contributed by atoms with van der Waals surface area (Å²) in [6, 6.07) is 12.2. The molecular weight excluding hydrogens is 406 g/mol. The summed E-state index contributed by atoms with van der Waals surface area (Å²) in [7, 11) is 0. The van der Waals surface area contributed by atoms with Crippen molar-refractivity contribution in [1.82, 2.24) is 24.0 Å². The average Bonchev–Trinajstić information content (AvgIpc) is 3.35. The predicted octanol–water partition coefficient (Wildman–Crippen LogP) is 4.29. The van der Waals surface area contributed by atoms with Gasteiger partial charge in [-0.15, -0.1) is 5.10 Å². The smallest absolute Gasteiger partial charge is 0.243 e. The van der Waals surface area contributed by atoms with Gasteiger partial charge >= 0.3 is 0 Å². The van der Waals surface area contributed by atoms with Crippen LogP contribution in [-0.2, 0) is 0 Å². The van der Waals surface area contributed by atoms with E-state index >= 15 is 0 Å². The minimum Gasteiger partial charge on any atom is -0.350 e. The minimum absolute atomic E-state index is 0.344. The van der Waals surface area contributed by atoms with Crippen molar-refractivity contribution < 1.29 is 0 Å². The van der Waals surface area contributed by atoms with Crippen molar-refractivity contribution in [3.8, 4) is 11.1 Å². The van der Waals surface area contributed by atoms with Crippen molar-refractivity contribution >= 4 is 39.9 Å². The van der Waals surface area contributed by atoms with Crippen LogP contribution in [0, 0.1) is 6.92 Å². The second-order valence-corrected chi connectivity index (χ2v) is 8.33. The monoisotopic (exact) mass is 425 g/mol. The molecule has 0 amide bonds. The van der Waals surface area contributed by atoms with Crippen molar-refractivity contribution in [2.24, 2.45) is 0 Å². The number of piperidine rings is 1. The number of rotatable bonds is 4. The Kier molecular flexibility index (Phi) is 4.81. The van der Waals surface area contributed by atoms with E-state index < -0.39 is 0 Å². The van der Waals surface area contributed by atoms with E-state index in [9.17, 15) is 0 Å². The lowest BCUT2D eigenvalue weighted by Gasteiger charge is -2.31. The normalized spacial score (nSPS) is 15.2. The first-order chi connectivity index (χ1) is 14.2. The van der Waals surface area contributed by atoms with Crippen LogP contribution in [0.3, 0.4) is 0 Å². The number of hydrogen-bond acceptors (Lipinski definition) is 7. The number of aromatic nitrogens is 5. The quantitative estimate of drug-likeness (QED) is 0.526. The Bertz CT molecular complexity index is 1130. The molecule has 0 saturated carbocycles. The van der Waals surface area contributed by atoms with Crippen LogP contribution in [-0.4, -0.2) is 43.1 Å². The van der Waals surface area contributed by atoms with Crippen molar-refractivity contribution in [1.29, 1.82) is 0 Å². The van der Waals surface area contributed by atoms with Crippen LogP contribution in [0.25, 0.3) is 16.8 Å². The van der Waals surface area contributed by atoms with Crippen LogP contribution in [0.1, 0.15) is 18.7 Å². The van der Waals surface area contributed by atoms with E-state index in [0.29, 0.717) is 12.0 Å². The maximum atomic E-state index is 6.03. The maximum Gasteiger partial charge on any atom is 0.243 e. The number of benzene rings is 1. The largest absolute Gasteiger partial charge is 0.350 e. The molecule has 1 aliphatic heterocycles. The SMILES string of the molecule is Cc1nsc(N2CCC(Nc3nc4c(-c5ccc(Cl)cc5)cccn4n3)CC2)n1. The van der Waals surface area contributed by atoms with Crippen molar-refractivity contribution in [3.05, 3.63) is 53.4 Å². The molecule has 5 rings (SSSR count). The molecule has 1 aliphatic rings. The van der Waals surface area contributed by atoms with Gasteiger partial charge in [0.25, 0.3) is 0 Å². The number of fused-ring (bicyclic) bond motifs is 1. The van der Waals surface area contributed by atoms with Crippen LogP contribution < -0.4 is 10.2 Å². The molecule has 0 bridgehead atoms. The first kappa shape index (κ1) is 18.3. The van der Waals surface area contributed by atoms with E-state index in [1.165, 1.54) is 11.5 Å². The molecular formula is C20H20ClN7S. The molecule has 0 unspecified atom stereocenters. The van der Waals surface area contributed by atoms with Crippen molar-refractivity contribution in [2.75, 3.05) is 23.3 Å². The summed E-state index contributed by atoms with van der Waals surface area (Å²) >= 11 is 7.50. The van der Waals surface area contributed by atoms with Gasteiger partial charge in [-0.2, -0.15) is 9.36 Å². The summed E-state index contributed by atoms with van der Waals surface area (Å²) in [6.45, 7) is 3.84. The lowest BCUT2D eigenvalue weighted by Crippen LogP contribution is -2.39. The Balaban J connectivity index is 1.31. The topological polar surface area (TPSA) is 71.2 Å². The molecule has 4 heterocycles. The molecule has 0 radical (unpaired) electrons. The molecule has 0 spiro atoms. The molecule has 7 nitrogen and oxygen atoms in total. The van der Waals surface area contributed by atoms with Gasteiger partial charge in [-0.3, -0.25) is 0 Å². The van der Waals surface area contributed by atoms with E-state index in [2.05, 4.69) is 30.7 Å². The Morgan fingerprint density at radius 3 is 2.62 bits per heavy atom. The summed E-state index contributed by atoms with van der Waals surface area (Å²) in [5, 5.41) is 9.87. The van der Waals surface area contributed by atoms with E-state index in [1.807, 2.05) is 48.0 Å². The van der Waals surface area contributed by atoms with Gasteiger partial charge in [0, 0.05) is 47.4 Å². The molecule has 4 aromatic rings. The fourth-order valence-electron chi connectivity index (χ4n) is 3.63. The van der Waals surface area contributed by atoms with Crippen molar-refractivity contribution in [3.63, 3.8) is 0 Å². The van der Waals surface area contributed by atoms with Gasteiger partial charge in [0.15, 0.2) is 5.65 Å². The summed E-state index contributed by atoms with van der Waals surface area (Å²) < 4.78 is 6.11. The maximum absolute atomic E-state index is 6.03. The average molecular weight is 426 g/mol. The van der Waals surface area contributed by atoms with E-state index in [0.717, 1.165) is 58.7 Å². The Morgan fingerprint density at radius 2 is 1.90 bits per heavy atom. The molecule has 3 aromatic heterocycles. The zero-order valence-electron chi connectivity index (χ0n) is 15.9. The number of aryl methyl sites for hydroxylation is 1. The second kappa shape index (κ2) is 7.61. The standard InChI is InChI=1S/C20H20ClN7S/c1-13-22-20(29-26-13)27-11-8-16(9-12-27)23-19-24-18-17(3-2-10-28(18)25-19)14-4-6-15(21)7-5-14/h2-7,10,16H,8-9,11-12H2,1H3,(H,23,25). The summed E-state index contributed by atoms with van der Waals surface area (Å²) in [4.78, 5) is 11.6. The van der Waals surface area contributed by atoms with Gasteiger partial charge in [-0.1, -0.05) is 23.7 Å². The number of nitrogens with zero attached hydrogens (tertiary/aromatic N) is 6. The molecule has 9 heteroatoms. The van der Waals surface area contributed by atoms with E-state index in [1.54, 1.807) is 0 Å². The number of pyridine rings is 1.